The van der Waals surface area contributed by atoms with E-state index in [1.165, 1.54) is 23.9 Å². The van der Waals surface area contributed by atoms with Gasteiger partial charge >= 0.3 is 10.2 Å². The molecule has 0 saturated heterocycles. The Kier molecular flexibility index (Phi) is 2.74. The molecule has 0 radical (unpaired) electrons. The van der Waals surface area contributed by atoms with Crippen LogP contribution >= 0.6 is 11.8 Å². The van der Waals surface area contributed by atoms with Gasteiger partial charge in [0.25, 0.3) is 0 Å². The third-order valence-electron chi connectivity index (χ3n) is 1.34. The number of thioether (sulfide) groups is 1. The van der Waals surface area contributed by atoms with Crippen LogP contribution in [0.5, 0.6) is 0 Å². The minimum absolute atomic E-state index is 0.291. The van der Waals surface area contributed by atoms with E-state index < -0.39 is 10.2 Å². The summed E-state index contributed by atoms with van der Waals surface area (Å²) >= 11 is 1.47. The van der Waals surface area contributed by atoms with Crippen LogP contribution in [0.1, 0.15) is 0 Å². The lowest BCUT2D eigenvalue weighted by Gasteiger charge is -1.96. The molecule has 66 valence electrons. The van der Waals surface area contributed by atoms with Crippen molar-refractivity contribution < 1.29 is 12.3 Å². The summed E-state index contributed by atoms with van der Waals surface area (Å²) in [7, 11) is -4.54. The molecular weight excluding hydrogens is 199 g/mol. The Labute approximate surface area is 75.0 Å². The van der Waals surface area contributed by atoms with Crippen molar-refractivity contribution in [1.29, 1.82) is 0 Å². The maximum Gasteiger partial charge on any atom is 0.332 e. The first-order valence-corrected chi connectivity index (χ1v) is 5.73. The zero-order valence-electron chi connectivity index (χ0n) is 6.32. The van der Waals surface area contributed by atoms with Crippen molar-refractivity contribution in [3.8, 4) is 0 Å². The van der Waals surface area contributed by atoms with Crippen molar-refractivity contribution in [2.45, 2.75) is 9.79 Å². The fourth-order valence-electron chi connectivity index (χ4n) is 0.738. The molecule has 0 atom stereocenters. The van der Waals surface area contributed by atoms with Crippen molar-refractivity contribution in [2.24, 2.45) is 0 Å². The Morgan fingerprint density at radius 1 is 1.25 bits per heavy atom. The van der Waals surface area contributed by atoms with E-state index in [4.69, 9.17) is 0 Å². The predicted molar refractivity (Wildman–Crippen MR) is 46.5 cm³/mol. The average Bonchev–Trinajstić information content (AvgIpc) is 2.03. The van der Waals surface area contributed by atoms with Crippen LogP contribution in [0.25, 0.3) is 0 Å². The van der Waals surface area contributed by atoms with Crippen LogP contribution in [-0.4, -0.2) is 14.7 Å². The molecule has 0 saturated carbocycles. The van der Waals surface area contributed by atoms with Crippen LogP contribution in [0.15, 0.2) is 34.1 Å². The van der Waals surface area contributed by atoms with E-state index in [9.17, 15) is 12.3 Å². The maximum atomic E-state index is 12.3. The molecule has 0 aromatic heterocycles. The third-order valence-corrected chi connectivity index (χ3v) is 2.92. The van der Waals surface area contributed by atoms with E-state index in [0.717, 1.165) is 4.90 Å². The van der Waals surface area contributed by atoms with Crippen molar-refractivity contribution in [3.63, 3.8) is 0 Å². The molecule has 0 bridgehead atoms. The van der Waals surface area contributed by atoms with Gasteiger partial charge in [0.05, 0.1) is 4.90 Å². The summed E-state index contributed by atoms with van der Waals surface area (Å²) in [6.07, 6.45) is 1.86. The van der Waals surface area contributed by atoms with E-state index in [0.29, 0.717) is 0 Å². The maximum absolute atomic E-state index is 12.3. The fourth-order valence-corrected chi connectivity index (χ4v) is 1.61. The largest absolute Gasteiger partial charge is 0.332 e. The molecule has 0 aliphatic heterocycles. The second-order valence-electron chi connectivity index (χ2n) is 2.11. The van der Waals surface area contributed by atoms with Crippen molar-refractivity contribution in [1.82, 2.24) is 0 Å². The summed E-state index contributed by atoms with van der Waals surface area (Å²) in [5.74, 6) is 0. The van der Waals surface area contributed by atoms with Crippen LogP contribution in [0.2, 0.25) is 0 Å². The second-order valence-corrected chi connectivity index (χ2v) is 4.34. The highest BCUT2D eigenvalue weighted by Gasteiger charge is 2.10. The van der Waals surface area contributed by atoms with E-state index in [2.05, 4.69) is 0 Å². The monoisotopic (exact) mass is 206 g/mol. The van der Waals surface area contributed by atoms with Gasteiger partial charge in [-0.2, -0.15) is 8.42 Å². The first kappa shape index (κ1) is 9.54. The summed E-state index contributed by atoms with van der Waals surface area (Å²) < 4.78 is 33.0. The molecule has 0 N–H and O–H groups in total. The highest BCUT2D eigenvalue weighted by Crippen LogP contribution is 2.18. The third kappa shape index (κ3) is 2.22. The topological polar surface area (TPSA) is 34.1 Å². The fraction of sp³-hybridized carbons (Fsp3) is 0.143. The summed E-state index contributed by atoms with van der Waals surface area (Å²) in [6, 6.07) is 5.64. The van der Waals surface area contributed by atoms with Crippen LogP contribution in [-0.2, 0) is 10.2 Å². The Bertz CT molecular complexity index is 355. The summed E-state index contributed by atoms with van der Waals surface area (Å²) in [5.41, 5.74) is 0. The molecule has 0 aliphatic carbocycles. The standard InChI is InChI=1S/C7H7FO2S2/c1-11-6-2-4-7(5-3-6)12(8,9)10/h2-5H,1H3. The Balaban J connectivity index is 3.09. The zero-order valence-corrected chi connectivity index (χ0v) is 7.95. The molecule has 5 heteroatoms. The van der Waals surface area contributed by atoms with E-state index in [1.54, 1.807) is 12.1 Å². The normalized spacial score (nSPS) is 11.5. The van der Waals surface area contributed by atoms with E-state index in [1.807, 2.05) is 6.26 Å². The molecule has 2 nitrogen and oxygen atoms in total. The highest BCUT2D eigenvalue weighted by molar-refractivity contribution is 7.98. The van der Waals surface area contributed by atoms with Crippen molar-refractivity contribution >= 4 is 22.0 Å². The molecule has 0 amide bonds. The molecule has 1 aromatic rings. The summed E-state index contributed by atoms with van der Waals surface area (Å²) in [4.78, 5) is 0.614. The second kappa shape index (κ2) is 3.45. The average molecular weight is 206 g/mol. The van der Waals surface area contributed by atoms with E-state index >= 15 is 0 Å². The van der Waals surface area contributed by atoms with Crippen LogP contribution in [0.4, 0.5) is 3.89 Å². The summed E-state index contributed by atoms with van der Waals surface area (Å²) in [5, 5.41) is 0. The van der Waals surface area contributed by atoms with Crippen LogP contribution in [0, 0.1) is 0 Å². The molecule has 0 heterocycles. The van der Waals surface area contributed by atoms with Gasteiger partial charge in [0, 0.05) is 4.90 Å². The lowest BCUT2D eigenvalue weighted by atomic mass is 10.4. The van der Waals surface area contributed by atoms with Gasteiger partial charge in [-0.3, -0.25) is 0 Å². The van der Waals surface area contributed by atoms with Gasteiger partial charge in [-0.1, -0.05) is 0 Å². The van der Waals surface area contributed by atoms with Gasteiger partial charge in [-0.05, 0) is 30.5 Å². The number of rotatable bonds is 2. The van der Waals surface area contributed by atoms with Crippen LogP contribution in [0.3, 0.4) is 0 Å². The smallest absolute Gasteiger partial charge is 0.189 e. The quantitative estimate of drug-likeness (QED) is 0.548. The number of hydrogen-bond donors (Lipinski definition) is 0. The Morgan fingerprint density at radius 3 is 2.08 bits per heavy atom. The molecule has 0 fully saturated rings. The Hall–Kier alpha value is -0.550. The van der Waals surface area contributed by atoms with E-state index in [-0.39, 0.29) is 4.90 Å². The molecule has 1 rings (SSSR count). The molecule has 0 spiro atoms. The zero-order chi connectivity index (χ0) is 9.19. The van der Waals surface area contributed by atoms with Gasteiger partial charge in [0.1, 0.15) is 0 Å². The van der Waals surface area contributed by atoms with Gasteiger partial charge in [0.2, 0.25) is 0 Å². The highest BCUT2D eigenvalue weighted by atomic mass is 32.3. The number of halogens is 1. The van der Waals surface area contributed by atoms with Gasteiger partial charge in [0.15, 0.2) is 0 Å². The van der Waals surface area contributed by atoms with Crippen LogP contribution < -0.4 is 0 Å². The molecule has 12 heavy (non-hydrogen) atoms. The van der Waals surface area contributed by atoms with Gasteiger partial charge < -0.3 is 0 Å². The molecular formula is C7H7FO2S2. The van der Waals surface area contributed by atoms with Gasteiger partial charge in [-0.25, -0.2) is 0 Å². The molecule has 1 aromatic carbocycles. The van der Waals surface area contributed by atoms with Gasteiger partial charge in [-0.15, -0.1) is 15.6 Å². The van der Waals surface area contributed by atoms with Crippen molar-refractivity contribution in [3.05, 3.63) is 24.3 Å². The number of benzene rings is 1. The minimum atomic E-state index is -4.54. The first-order valence-electron chi connectivity index (χ1n) is 3.13. The van der Waals surface area contributed by atoms with Crippen molar-refractivity contribution in [2.75, 3.05) is 6.26 Å². The first-order chi connectivity index (χ1) is 5.54. The number of hydrogen-bond acceptors (Lipinski definition) is 3. The minimum Gasteiger partial charge on any atom is -0.189 e. The SMILES string of the molecule is CSc1ccc(S(=O)(=O)F)cc1. The lowest BCUT2D eigenvalue weighted by molar-refractivity contribution is 0.552. The lowest BCUT2D eigenvalue weighted by Crippen LogP contribution is -1.90. The summed E-state index contributed by atoms with van der Waals surface area (Å²) in [6.45, 7) is 0. The predicted octanol–water partition coefficient (Wildman–Crippen LogP) is 2.07. The Morgan fingerprint density at radius 2 is 1.75 bits per heavy atom. The molecule has 0 unspecified atom stereocenters. The molecule has 0 aliphatic rings.